The summed E-state index contributed by atoms with van der Waals surface area (Å²) in [6, 6.07) is 5.06. The summed E-state index contributed by atoms with van der Waals surface area (Å²) in [5.74, 6) is -0.571. The number of amides is 1. The summed E-state index contributed by atoms with van der Waals surface area (Å²) in [5.41, 5.74) is 0.905. The third-order valence-electron chi connectivity index (χ3n) is 4.22. The minimum Gasteiger partial charge on any atom is -0.465 e. The fourth-order valence-electron chi connectivity index (χ4n) is 2.85. The second-order valence-electron chi connectivity index (χ2n) is 7.75. The van der Waals surface area contributed by atoms with E-state index >= 15 is 0 Å². The maximum absolute atomic E-state index is 12.2. The van der Waals surface area contributed by atoms with Gasteiger partial charge >= 0.3 is 12.1 Å². The highest BCUT2D eigenvalue weighted by molar-refractivity contribution is 7.85. The monoisotopic (exact) mass is 428 g/mol. The highest BCUT2D eigenvalue weighted by Crippen LogP contribution is 2.23. The number of hydrogen-bond donors (Lipinski definition) is 0. The second-order valence-corrected chi connectivity index (χ2v) is 9.40. The van der Waals surface area contributed by atoms with E-state index in [0.717, 1.165) is 11.9 Å². The molecule has 1 aromatic carbocycles. The van der Waals surface area contributed by atoms with E-state index in [1.165, 1.54) is 7.11 Å². The number of methoxy groups -OCH3 is 1. The lowest BCUT2D eigenvalue weighted by Crippen LogP contribution is -2.50. The number of benzene rings is 1. The van der Waals surface area contributed by atoms with Crippen LogP contribution in [0.4, 0.5) is 10.5 Å². The number of ether oxygens (including phenoxy) is 2. The molecule has 0 saturated carbocycles. The first-order valence-electron chi connectivity index (χ1n) is 9.18. The zero-order valence-electron chi connectivity index (χ0n) is 17.4. The van der Waals surface area contributed by atoms with Gasteiger partial charge in [0.25, 0.3) is 10.1 Å². The van der Waals surface area contributed by atoms with Crippen LogP contribution in [0.2, 0.25) is 0 Å². The van der Waals surface area contributed by atoms with Crippen molar-refractivity contribution in [2.45, 2.75) is 33.0 Å². The Labute approximate surface area is 171 Å². The molecule has 0 unspecified atom stereocenters. The molecule has 1 amide bonds. The Morgan fingerprint density at radius 2 is 1.72 bits per heavy atom. The summed E-state index contributed by atoms with van der Waals surface area (Å²) in [4.78, 5) is 27.9. The maximum Gasteiger partial charge on any atom is 0.410 e. The maximum atomic E-state index is 12.2. The summed E-state index contributed by atoms with van der Waals surface area (Å²) >= 11 is 0. The summed E-state index contributed by atoms with van der Waals surface area (Å²) in [5, 5.41) is 0. The fourth-order valence-corrected chi connectivity index (χ4v) is 3.19. The van der Waals surface area contributed by atoms with Crippen molar-refractivity contribution in [3.8, 4) is 0 Å². The second kappa shape index (κ2) is 9.00. The number of carbonyl (C=O) groups is 2. The van der Waals surface area contributed by atoms with Gasteiger partial charge in [-0.15, -0.1) is 0 Å². The third kappa shape index (κ3) is 6.90. The summed E-state index contributed by atoms with van der Waals surface area (Å²) in [6.45, 7) is 7.32. The molecule has 1 aliphatic heterocycles. The molecule has 0 aliphatic carbocycles. The molecule has 1 aliphatic rings. The molecule has 0 atom stereocenters. The van der Waals surface area contributed by atoms with Gasteiger partial charge in [0.05, 0.1) is 25.5 Å². The fraction of sp³-hybridized carbons (Fsp3) is 0.579. The first-order valence-corrected chi connectivity index (χ1v) is 11.0. The standard InChI is InChI=1S/C19H28N2O7S/c1-19(2,3)28-18(23)21-10-8-20(9-11-21)15-6-7-16(17(22)26-4)14(12-15)13-27-29(5,24)25/h6-7,12H,8-11,13H2,1-5H3. The van der Waals surface area contributed by atoms with Gasteiger partial charge in [0.15, 0.2) is 0 Å². The van der Waals surface area contributed by atoms with E-state index in [1.807, 2.05) is 25.7 Å². The van der Waals surface area contributed by atoms with E-state index in [0.29, 0.717) is 31.7 Å². The van der Waals surface area contributed by atoms with Crippen LogP contribution in [0.3, 0.4) is 0 Å². The molecule has 10 heteroatoms. The molecule has 0 spiro atoms. The van der Waals surface area contributed by atoms with E-state index in [-0.39, 0.29) is 18.3 Å². The number of rotatable bonds is 5. The molecule has 0 radical (unpaired) electrons. The molecule has 0 aromatic heterocycles. The molecule has 1 saturated heterocycles. The van der Waals surface area contributed by atoms with Crippen LogP contribution in [-0.4, -0.2) is 70.5 Å². The van der Waals surface area contributed by atoms with E-state index in [1.54, 1.807) is 23.1 Å². The van der Waals surface area contributed by atoms with Crippen LogP contribution in [0.15, 0.2) is 18.2 Å². The predicted molar refractivity (Wildman–Crippen MR) is 107 cm³/mol. The van der Waals surface area contributed by atoms with Crippen LogP contribution in [0, 0.1) is 0 Å². The molecule has 0 bridgehead atoms. The number of piperazine rings is 1. The number of nitrogens with zero attached hydrogens (tertiary/aromatic N) is 2. The van der Waals surface area contributed by atoms with Crippen LogP contribution in [0.1, 0.15) is 36.7 Å². The SMILES string of the molecule is COC(=O)c1ccc(N2CCN(C(=O)OC(C)(C)C)CC2)cc1COS(C)(=O)=O. The number of hydrogen-bond acceptors (Lipinski definition) is 8. The first-order chi connectivity index (χ1) is 13.4. The normalized spacial score (nSPS) is 15.2. The first kappa shape index (κ1) is 23.0. The highest BCUT2D eigenvalue weighted by atomic mass is 32.2. The molecule has 1 heterocycles. The van der Waals surface area contributed by atoms with Crippen molar-refractivity contribution in [1.82, 2.24) is 4.90 Å². The summed E-state index contributed by atoms with van der Waals surface area (Å²) in [6.07, 6.45) is 0.602. The van der Waals surface area contributed by atoms with Crippen LogP contribution < -0.4 is 4.90 Å². The highest BCUT2D eigenvalue weighted by Gasteiger charge is 2.26. The Balaban J connectivity index is 2.13. The van der Waals surface area contributed by atoms with Gasteiger partial charge < -0.3 is 19.3 Å². The smallest absolute Gasteiger partial charge is 0.410 e. The van der Waals surface area contributed by atoms with Gasteiger partial charge in [-0.05, 0) is 44.5 Å². The Hall–Kier alpha value is -2.33. The predicted octanol–water partition coefficient (Wildman–Crippen LogP) is 2.01. The number of esters is 1. The Morgan fingerprint density at radius 1 is 1.10 bits per heavy atom. The molecule has 9 nitrogen and oxygen atoms in total. The van der Waals surface area contributed by atoms with Crippen molar-refractivity contribution in [2.75, 3.05) is 44.4 Å². The van der Waals surface area contributed by atoms with Crippen molar-refractivity contribution in [2.24, 2.45) is 0 Å². The van der Waals surface area contributed by atoms with Crippen molar-refractivity contribution in [3.05, 3.63) is 29.3 Å². The number of carbonyl (C=O) groups excluding carboxylic acids is 2. The zero-order valence-corrected chi connectivity index (χ0v) is 18.2. The Morgan fingerprint density at radius 3 is 2.24 bits per heavy atom. The van der Waals surface area contributed by atoms with Gasteiger partial charge in [-0.25, -0.2) is 9.59 Å². The Bertz CT molecular complexity index is 854. The van der Waals surface area contributed by atoms with Crippen LogP contribution in [-0.2, 0) is 30.4 Å². The van der Waals surface area contributed by atoms with Gasteiger partial charge in [-0.3, -0.25) is 4.18 Å². The Kier molecular flexibility index (Phi) is 7.12. The average molecular weight is 429 g/mol. The van der Waals surface area contributed by atoms with Gasteiger partial charge in [-0.2, -0.15) is 8.42 Å². The van der Waals surface area contributed by atoms with Crippen molar-refractivity contribution in [1.29, 1.82) is 0 Å². The van der Waals surface area contributed by atoms with Crippen LogP contribution >= 0.6 is 0 Å². The molecule has 1 aromatic rings. The minimum atomic E-state index is -3.66. The zero-order chi connectivity index (χ0) is 21.8. The number of anilines is 1. The minimum absolute atomic E-state index is 0.243. The van der Waals surface area contributed by atoms with Crippen molar-refractivity contribution >= 4 is 27.9 Å². The molecule has 29 heavy (non-hydrogen) atoms. The largest absolute Gasteiger partial charge is 0.465 e. The van der Waals surface area contributed by atoms with Gasteiger partial charge in [0.1, 0.15) is 5.60 Å². The van der Waals surface area contributed by atoms with Crippen LogP contribution in [0.5, 0.6) is 0 Å². The van der Waals surface area contributed by atoms with E-state index in [2.05, 4.69) is 0 Å². The van der Waals surface area contributed by atoms with Gasteiger partial charge in [-0.1, -0.05) is 0 Å². The van der Waals surface area contributed by atoms with Gasteiger partial charge in [0, 0.05) is 31.9 Å². The lowest BCUT2D eigenvalue weighted by molar-refractivity contribution is 0.0240. The lowest BCUT2D eigenvalue weighted by atomic mass is 10.1. The average Bonchev–Trinajstić information content (AvgIpc) is 2.63. The quantitative estimate of drug-likeness (QED) is 0.518. The molecule has 162 valence electrons. The molecule has 2 rings (SSSR count). The lowest BCUT2D eigenvalue weighted by Gasteiger charge is -2.37. The summed E-state index contributed by atoms with van der Waals surface area (Å²) in [7, 11) is -2.41. The van der Waals surface area contributed by atoms with Gasteiger partial charge in [0.2, 0.25) is 0 Å². The summed E-state index contributed by atoms with van der Waals surface area (Å²) < 4.78 is 37.7. The molecular formula is C19H28N2O7S. The van der Waals surface area contributed by atoms with E-state index in [4.69, 9.17) is 13.7 Å². The van der Waals surface area contributed by atoms with E-state index < -0.39 is 21.7 Å². The molecular weight excluding hydrogens is 400 g/mol. The third-order valence-corrected chi connectivity index (χ3v) is 4.77. The van der Waals surface area contributed by atoms with E-state index in [9.17, 15) is 18.0 Å². The van der Waals surface area contributed by atoms with Crippen molar-refractivity contribution in [3.63, 3.8) is 0 Å². The molecule has 1 fully saturated rings. The van der Waals surface area contributed by atoms with Crippen LogP contribution in [0.25, 0.3) is 0 Å². The molecule has 0 N–H and O–H groups in total. The van der Waals surface area contributed by atoms with Crippen molar-refractivity contribution < 1.29 is 31.7 Å². The topological polar surface area (TPSA) is 102 Å².